The Hall–Kier alpha value is -5.24. The number of nitrogens with one attached hydrogen (secondary N) is 2. The maximum absolute atomic E-state index is 13.4. The minimum Gasteiger partial charge on any atom is -0.478 e. The molecule has 3 aromatic rings. The van der Waals surface area contributed by atoms with E-state index in [9.17, 15) is 33.9 Å². The highest BCUT2D eigenvalue weighted by Crippen LogP contribution is 2.26. The van der Waals surface area contributed by atoms with Crippen LogP contribution < -0.4 is 26.6 Å². The van der Waals surface area contributed by atoms with Gasteiger partial charge in [-0.2, -0.15) is 0 Å². The molecule has 0 aliphatic carbocycles. The molecule has 1 fully saturated rings. The van der Waals surface area contributed by atoms with E-state index < -0.39 is 47.1 Å². The fourth-order valence-corrected chi connectivity index (χ4v) is 4.97. The van der Waals surface area contributed by atoms with Crippen LogP contribution in [-0.4, -0.2) is 74.6 Å². The first-order valence-electron chi connectivity index (χ1n) is 13.4. The molecule has 5 rings (SSSR count). The number of carbonyl (C=O) groups excluding carboxylic acids is 3. The number of ether oxygens (including phenoxy) is 2. The van der Waals surface area contributed by atoms with Crippen LogP contribution in [0.2, 0.25) is 0 Å². The van der Waals surface area contributed by atoms with Gasteiger partial charge in [-0.25, -0.2) is 9.59 Å². The lowest BCUT2D eigenvalue weighted by atomic mass is 10.1. The first-order valence-corrected chi connectivity index (χ1v) is 13.4. The molecular weight excluding hydrogens is 562 g/mol. The van der Waals surface area contributed by atoms with Gasteiger partial charge >= 0.3 is 11.7 Å². The van der Waals surface area contributed by atoms with Crippen molar-refractivity contribution >= 4 is 23.7 Å². The number of amides is 3. The highest BCUT2D eigenvalue weighted by atomic mass is 16.5. The zero-order chi connectivity index (χ0) is 30.8. The summed E-state index contributed by atoms with van der Waals surface area (Å²) in [5, 5.41) is 15.0. The Bertz CT molecular complexity index is 1740. The molecular formula is C29H29N5O9. The second kappa shape index (κ2) is 11.9. The summed E-state index contributed by atoms with van der Waals surface area (Å²) in [6.07, 6.45) is -0.742. The Morgan fingerprint density at radius 1 is 0.953 bits per heavy atom. The van der Waals surface area contributed by atoms with E-state index in [-0.39, 0.29) is 55.2 Å². The normalized spacial score (nSPS) is 19.0. The van der Waals surface area contributed by atoms with Crippen LogP contribution in [0.3, 0.4) is 0 Å². The van der Waals surface area contributed by atoms with Crippen LogP contribution in [0.15, 0.2) is 58.1 Å². The van der Waals surface area contributed by atoms with Crippen molar-refractivity contribution in [1.82, 2.24) is 24.7 Å². The number of rotatable bonds is 2. The highest BCUT2D eigenvalue weighted by molar-refractivity contribution is 5.98. The predicted molar refractivity (Wildman–Crippen MR) is 150 cm³/mol. The van der Waals surface area contributed by atoms with E-state index in [2.05, 4.69) is 10.6 Å². The van der Waals surface area contributed by atoms with Gasteiger partial charge in [0.2, 0.25) is 5.91 Å². The number of aromatic nitrogens is 2. The molecule has 3 N–H and O–H groups in total. The smallest absolute Gasteiger partial charge is 0.335 e. The zero-order valence-corrected chi connectivity index (χ0v) is 23.4. The number of nitrogens with zero attached hydrogens (tertiary/aromatic N) is 3. The largest absolute Gasteiger partial charge is 0.478 e. The van der Waals surface area contributed by atoms with E-state index in [1.807, 2.05) is 0 Å². The Labute approximate surface area is 244 Å². The summed E-state index contributed by atoms with van der Waals surface area (Å²) < 4.78 is 14.0. The van der Waals surface area contributed by atoms with Gasteiger partial charge in [0.05, 0.1) is 24.3 Å². The molecule has 0 radical (unpaired) electrons. The van der Waals surface area contributed by atoms with Crippen molar-refractivity contribution in [1.29, 1.82) is 0 Å². The summed E-state index contributed by atoms with van der Waals surface area (Å²) in [5.74, 6) is -2.28. The fourth-order valence-electron chi connectivity index (χ4n) is 4.97. The summed E-state index contributed by atoms with van der Waals surface area (Å²) in [6, 6.07) is 11.3. The van der Waals surface area contributed by atoms with Crippen molar-refractivity contribution in [2.24, 2.45) is 14.1 Å². The molecule has 1 saturated heterocycles. The van der Waals surface area contributed by atoms with E-state index in [0.717, 1.165) is 15.2 Å². The van der Waals surface area contributed by atoms with Gasteiger partial charge in [-0.05, 0) is 35.9 Å². The quantitative estimate of drug-likeness (QED) is 0.376. The van der Waals surface area contributed by atoms with Gasteiger partial charge in [0.15, 0.2) is 0 Å². The molecule has 1 aromatic heterocycles. The van der Waals surface area contributed by atoms with Crippen LogP contribution in [0.5, 0.6) is 11.5 Å². The molecule has 224 valence electrons. The number of hydrogen-bond donors (Lipinski definition) is 3. The maximum Gasteiger partial charge on any atom is 0.335 e. The second-order valence-electron chi connectivity index (χ2n) is 10.3. The van der Waals surface area contributed by atoms with Crippen molar-refractivity contribution in [3.8, 4) is 11.5 Å². The Morgan fingerprint density at radius 2 is 1.74 bits per heavy atom. The van der Waals surface area contributed by atoms with Crippen molar-refractivity contribution in [2.75, 3.05) is 19.6 Å². The van der Waals surface area contributed by atoms with Gasteiger partial charge in [-0.15, -0.1) is 0 Å². The van der Waals surface area contributed by atoms with Crippen molar-refractivity contribution in [3.63, 3.8) is 0 Å². The highest BCUT2D eigenvalue weighted by Gasteiger charge is 2.38. The number of carboxylic acids is 1. The van der Waals surface area contributed by atoms with E-state index in [1.54, 1.807) is 24.3 Å². The molecule has 14 heteroatoms. The monoisotopic (exact) mass is 591 g/mol. The third kappa shape index (κ3) is 6.33. The lowest BCUT2D eigenvalue weighted by Gasteiger charge is -2.20. The predicted octanol–water partition coefficient (Wildman–Crippen LogP) is 0.234. The number of fused-ring (bicyclic) bond motifs is 5. The van der Waals surface area contributed by atoms with E-state index in [4.69, 9.17) is 9.47 Å². The van der Waals surface area contributed by atoms with Crippen LogP contribution in [0.1, 0.15) is 43.2 Å². The van der Waals surface area contributed by atoms with Crippen molar-refractivity contribution in [3.05, 3.63) is 91.8 Å². The molecule has 3 heterocycles. The molecule has 2 atom stereocenters. The van der Waals surface area contributed by atoms with E-state index >= 15 is 0 Å². The fraction of sp³-hybridized carbons (Fsp3) is 0.310. The number of hydrogen-bond acceptors (Lipinski definition) is 8. The molecule has 0 saturated carbocycles. The minimum absolute atomic E-state index is 0.0464. The van der Waals surface area contributed by atoms with Crippen molar-refractivity contribution < 1.29 is 33.8 Å². The third-order valence-electron chi connectivity index (χ3n) is 7.30. The molecule has 0 unspecified atom stereocenters. The standard InChI is InChI=1S/C29H29N5O9/c1-32-22(12-25(36)33(2)29(32)41)27(38)34-13-21-23(14-34)42-15-16-4-3-5-19(8-16)43-20-10-17(9-18(11-20)28(39)40)26(37)30-7-6-24(35)31-21/h3-5,8-12,21,23H,6-7,13-15H2,1-2H3,(H,30,37)(H,31,35)(H,39,40)/t21-,23-/m0/s1. The number of aromatic carboxylic acids is 1. The lowest BCUT2D eigenvalue weighted by molar-refractivity contribution is -0.122. The van der Waals surface area contributed by atoms with Gasteiger partial charge in [0, 0.05) is 51.8 Å². The SMILES string of the molecule is Cn1c(C(=O)N2C[C@@H]3NC(=O)CCNC(=O)c4cc(cc(C(=O)O)c4)Oc4cccc(c4)CO[C@H]3C2)cc(=O)n(C)c1=O. The van der Waals surface area contributed by atoms with Gasteiger partial charge in [-0.1, -0.05) is 12.1 Å². The summed E-state index contributed by atoms with van der Waals surface area (Å²) in [6.45, 7) is 0.165. The molecule has 2 aromatic carbocycles. The Kier molecular flexibility index (Phi) is 8.12. The summed E-state index contributed by atoms with van der Waals surface area (Å²) in [5.41, 5.74) is -0.746. The minimum atomic E-state index is -1.23. The van der Waals surface area contributed by atoms with E-state index in [1.165, 1.54) is 37.2 Å². The zero-order valence-electron chi connectivity index (χ0n) is 23.4. The first-order chi connectivity index (χ1) is 20.5. The second-order valence-corrected chi connectivity index (χ2v) is 10.3. The molecule has 14 nitrogen and oxygen atoms in total. The molecule has 3 amide bonds. The summed E-state index contributed by atoms with van der Waals surface area (Å²) >= 11 is 0. The van der Waals surface area contributed by atoms with Crippen LogP contribution in [-0.2, 0) is 30.2 Å². The van der Waals surface area contributed by atoms with Crippen LogP contribution in [0.25, 0.3) is 0 Å². The lowest BCUT2D eigenvalue weighted by Crippen LogP contribution is -2.45. The Balaban J connectivity index is 1.42. The molecule has 43 heavy (non-hydrogen) atoms. The average Bonchev–Trinajstić information content (AvgIpc) is 3.38. The average molecular weight is 592 g/mol. The first kappa shape index (κ1) is 29.3. The van der Waals surface area contributed by atoms with Crippen LogP contribution in [0.4, 0.5) is 0 Å². The molecule has 2 aliphatic heterocycles. The van der Waals surface area contributed by atoms with Crippen LogP contribution >= 0.6 is 0 Å². The number of carbonyl (C=O) groups is 4. The molecule has 2 aliphatic rings. The number of benzene rings is 2. The topological polar surface area (TPSA) is 178 Å². The number of carboxylic acid groups (broad SMARTS) is 1. The van der Waals surface area contributed by atoms with Crippen molar-refractivity contribution in [2.45, 2.75) is 25.2 Å². The molecule has 4 bridgehead atoms. The van der Waals surface area contributed by atoms with Crippen LogP contribution in [0, 0.1) is 0 Å². The molecule has 0 spiro atoms. The van der Waals surface area contributed by atoms with Gasteiger partial charge in [0.25, 0.3) is 17.4 Å². The summed E-state index contributed by atoms with van der Waals surface area (Å²) in [4.78, 5) is 76.8. The number of likely N-dealkylation sites (tertiary alicyclic amines) is 1. The van der Waals surface area contributed by atoms with Gasteiger partial charge in [0.1, 0.15) is 17.2 Å². The van der Waals surface area contributed by atoms with Gasteiger partial charge < -0.3 is 30.1 Å². The maximum atomic E-state index is 13.4. The third-order valence-corrected chi connectivity index (χ3v) is 7.30. The van der Waals surface area contributed by atoms with Gasteiger partial charge in [-0.3, -0.25) is 28.3 Å². The Morgan fingerprint density at radius 3 is 2.51 bits per heavy atom. The summed E-state index contributed by atoms with van der Waals surface area (Å²) in [7, 11) is 2.72. The van der Waals surface area contributed by atoms with E-state index in [0.29, 0.717) is 11.3 Å².